The van der Waals surface area contributed by atoms with Crippen LogP contribution in [0.5, 0.6) is 0 Å². The molecular weight excluding hydrogens is 286 g/mol. The molecule has 110 valence electrons. The van der Waals surface area contributed by atoms with E-state index < -0.39 is 0 Å². The SMILES string of the molecule is NCc1cccc(CNC(=O)NCc2cccc(Cl)c2)c1. The zero-order valence-corrected chi connectivity index (χ0v) is 12.4. The maximum Gasteiger partial charge on any atom is 0.315 e. The van der Waals surface area contributed by atoms with E-state index in [1.54, 1.807) is 6.07 Å². The monoisotopic (exact) mass is 303 g/mol. The molecule has 0 saturated heterocycles. The molecule has 0 aliphatic rings. The van der Waals surface area contributed by atoms with Gasteiger partial charge in [0.1, 0.15) is 0 Å². The summed E-state index contributed by atoms with van der Waals surface area (Å²) < 4.78 is 0. The van der Waals surface area contributed by atoms with Crippen molar-refractivity contribution in [1.29, 1.82) is 0 Å². The third-order valence-electron chi connectivity index (χ3n) is 3.02. The lowest BCUT2D eigenvalue weighted by atomic mass is 10.1. The maximum atomic E-state index is 11.7. The molecule has 0 saturated carbocycles. The lowest BCUT2D eigenvalue weighted by Gasteiger charge is -2.09. The van der Waals surface area contributed by atoms with Crippen LogP contribution < -0.4 is 16.4 Å². The summed E-state index contributed by atoms with van der Waals surface area (Å²) in [7, 11) is 0. The molecule has 21 heavy (non-hydrogen) atoms. The number of amides is 2. The van der Waals surface area contributed by atoms with Gasteiger partial charge in [0.05, 0.1) is 0 Å². The number of carbonyl (C=O) groups is 1. The molecule has 0 aliphatic heterocycles. The second-order valence-electron chi connectivity index (χ2n) is 4.69. The first kappa shape index (κ1) is 15.4. The molecular formula is C16H18ClN3O. The lowest BCUT2D eigenvalue weighted by molar-refractivity contribution is 0.240. The number of urea groups is 1. The van der Waals surface area contributed by atoms with Crippen LogP contribution in [0.3, 0.4) is 0 Å². The molecule has 5 heteroatoms. The number of halogens is 1. The smallest absolute Gasteiger partial charge is 0.315 e. The van der Waals surface area contributed by atoms with Crippen LogP contribution in [0.25, 0.3) is 0 Å². The summed E-state index contributed by atoms with van der Waals surface area (Å²) >= 11 is 5.89. The van der Waals surface area contributed by atoms with Crippen molar-refractivity contribution in [3.05, 3.63) is 70.2 Å². The van der Waals surface area contributed by atoms with Crippen molar-refractivity contribution in [1.82, 2.24) is 10.6 Å². The van der Waals surface area contributed by atoms with Crippen molar-refractivity contribution in [2.45, 2.75) is 19.6 Å². The predicted octanol–water partition coefficient (Wildman–Crippen LogP) is 2.80. The Kier molecular flexibility index (Phi) is 5.60. The van der Waals surface area contributed by atoms with Gasteiger partial charge in [0.25, 0.3) is 0 Å². The first-order valence-electron chi connectivity index (χ1n) is 6.71. The molecule has 0 heterocycles. The average molecular weight is 304 g/mol. The number of benzene rings is 2. The van der Waals surface area contributed by atoms with Crippen molar-refractivity contribution in [2.75, 3.05) is 0 Å². The first-order chi connectivity index (χ1) is 10.2. The van der Waals surface area contributed by atoms with E-state index in [0.717, 1.165) is 16.7 Å². The van der Waals surface area contributed by atoms with Crippen LogP contribution in [0.4, 0.5) is 4.79 Å². The summed E-state index contributed by atoms with van der Waals surface area (Å²) in [6.45, 7) is 1.40. The number of nitrogens with two attached hydrogens (primary N) is 1. The minimum absolute atomic E-state index is 0.215. The van der Waals surface area contributed by atoms with Crippen LogP contribution in [0, 0.1) is 0 Å². The van der Waals surface area contributed by atoms with Gasteiger partial charge in [-0.3, -0.25) is 0 Å². The van der Waals surface area contributed by atoms with Crippen molar-refractivity contribution >= 4 is 17.6 Å². The van der Waals surface area contributed by atoms with Gasteiger partial charge in [-0.2, -0.15) is 0 Å². The molecule has 2 rings (SSSR count). The highest BCUT2D eigenvalue weighted by atomic mass is 35.5. The minimum atomic E-state index is -0.215. The van der Waals surface area contributed by atoms with Gasteiger partial charge in [0.2, 0.25) is 0 Å². The van der Waals surface area contributed by atoms with Crippen molar-refractivity contribution in [3.63, 3.8) is 0 Å². The summed E-state index contributed by atoms with van der Waals surface area (Å²) in [5.41, 5.74) is 8.62. The van der Waals surface area contributed by atoms with E-state index in [9.17, 15) is 4.79 Å². The highest BCUT2D eigenvalue weighted by molar-refractivity contribution is 6.30. The zero-order valence-electron chi connectivity index (χ0n) is 11.6. The maximum absolute atomic E-state index is 11.7. The van der Waals surface area contributed by atoms with Gasteiger partial charge in [-0.1, -0.05) is 48.0 Å². The fourth-order valence-corrected chi connectivity index (χ4v) is 2.15. The molecule has 4 N–H and O–H groups in total. The van der Waals surface area contributed by atoms with E-state index in [2.05, 4.69) is 10.6 Å². The Morgan fingerprint density at radius 2 is 1.52 bits per heavy atom. The highest BCUT2D eigenvalue weighted by Gasteiger charge is 2.01. The van der Waals surface area contributed by atoms with Crippen molar-refractivity contribution in [3.8, 4) is 0 Å². The Labute approximate surface area is 129 Å². The predicted molar refractivity (Wildman–Crippen MR) is 84.9 cm³/mol. The third-order valence-corrected chi connectivity index (χ3v) is 3.26. The normalized spacial score (nSPS) is 10.2. The van der Waals surface area contributed by atoms with E-state index >= 15 is 0 Å². The topological polar surface area (TPSA) is 67.1 Å². The van der Waals surface area contributed by atoms with Gasteiger partial charge < -0.3 is 16.4 Å². The summed E-state index contributed by atoms with van der Waals surface area (Å²) in [5.74, 6) is 0. The van der Waals surface area contributed by atoms with Crippen LogP contribution in [0.2, 0.25) is 5.02 Å². The lowest BCUT2D eigenvalue weighted by Crippen LogP contribution is -2.34. The van der Waals surface area contributed by atoms with Crippen LogP contribution in [-0.2, 0) is 19.6 Å². The van der Waals surface area contributed by atoms with Crippen LogP contribution in [0.1, 0.15) is 16.7 Å². The van der Waals surface area contributed by atoms with E-state index in [1.165, 1.54) is 0 Å². The fraction of sp³-hybridized carbons (Fsp3) is 0.188. The van der Waals surface area contributed by atoms with E-state index in [0.29, 0.717) is 24.7 Å². The molecule has 0 radical (unpaired) electrons. The average Bonchev–Trinajstić information content (AvgIpc) is 2.51. The van der Waals surface area contributed by atoms with Crippen molar-refractivity contribution < 1.29 is 4.79 Å². The number of nitrogens with one attached hydrogen (secondary N) is 2. The van der Waals surface area contributed by atoms with Crippen LogP contribution in [0.15, 0.2) is 48.5 Å². The second kappa shape index (κ2) is 7.67. The van der Waals surface area contributed by atoms with Gasteiger partial charge in [-0.25, -0.2) is 4.79 Å². The molecule has 2 aromatic carbocycles. The zero-order chi connectivity index (χ0) is 15.1. The summed E-state index contributed by atoms with van der Waals surface area (Å²) in [5, 5.41) is 6.26. The summed E-state index contributed by atoms with van der Waals surface area (Å²) in [6.07, 6.45) is 0. The summed E-state index contributed by atoms with van der Waals surface area (Å²) in [4.78, 5) is 11.7. The van der Waals surface area contributed by atoms with Gasteiger partial charge in [0, 0.05) is 24.7 Å². The highest BCUT2D eigenvalue weighted by Crippen LogP contribution is 2.10. The molecule has 4 nitrogen and oxygen atoms in total. The number of hydrogen-bond acceptors (Lipinski definition) is 2. The molecule has 0 aliphatic carbocycles. The first-order valence-corrected chi connectivity index (χ1v) is 7.09. The molecule has 0 bridgehead atoms. The Morgan fingerprint density at radius 1 is 0.952 bits per heavy atom. The Bertz CT molecular complexity index is 616. The molecule has 2 amide bonds. The Hall–Kier alpha value is -2.04. The molecule has 0 unspecified atom stereocenters. The fourth-order valence-electron chi connectivity index (χ4n) is 1.94. The standard InChI is InChI=1S/C16H18ClN3O/c17-15-6-2-5-14(8-15)11-20-16(21)19-10-13-4-1-3-12(7-13)9-18/h1-8H,9-11,18H2,(H2,19,20,21). The van der Waals surface area contributed by atoms with Gasteiger partial charge in [-0.15, -0.1) is 0 Å². The van der Waals surface area contributed by atoms with Gasteiger partial charge in [0.15, 0.2) is 0 Å². The van der Waals surface area contributed by atoms with Gasteiger partial charge >= 0.3 is 6.03 Å². The van der Waals surface area contributed by atoms with E-state index in [1.807, 2.05) is 42.5 Å². The largest absolute Gasteiger partial charge is 0.334 e. The van der Waals surface area contributed by atoms with Crippen LogP contribution >= 0.6 is 11.6 Å². The van der Waals surface area contributed by atoms with Gasteiger partial charge in [-0.05, 0) is 28.8 Å². The van der Waals surface area contributed by atoms with Crippen molar-refractivity contribution in [2.24, 2.45) is 5.73 Å². The number of hydrogen-bond donors (Lipinski definition) is 3. The van der Waals surface area contributed by atoms with E-state index in [-0.39, 0.29) is 6.03 Å². The van der Waals surface area contributed by atoms with E-state index in [4.69, 9.17) is 17.3 Å². The summed E-state index contributed by atoms with van der Waals surface area (Å²) in [6, 6.07) is 15.0. The quantitative estimate of drug-likeness (QED) is 0.795. The number of rotatable bonds is 5. The molecule has 0 spiro atoms. The number of carbonyl (C=O) groups excluding carboxylic acids is 1. The molecule has 0 aromatic heterocycles. The molecule has 0 atom stereocenters. The molecule has 0 fully saturated rings. The molecule has 2 aromatic rings. The minimum Gasteiger partial charge on any atom is -0.334 e. The second-order valence-corrected chi connectivity index (χ2v) is 5.13. The Morgan fingerprint density at radius 3 is 2.14 bits per heavy atom. The van der Waals surface area contributed by atoms with Crippen LogP contribution in [-0.4, -0.2) is 6.03 Å². The Balaban J connectivity index is 1.79. The third kappa shape index (κ3) is 5.10.